The Labute approximate surface area is 129 Å². The van der Waals surface area contributed by atoms with Crippen molar-refractivity contribution in [3.8, 4) is 5.69 Å². The Balaban J connectivity index is 2.19. The van der Waals surface area contributed by atoms with Gasteiger partial charge in [-0.15, -0.1) is 0 Å². The minimum absolute atomic E-state index is 0.00747. The second kappa shape index (κ2) is 5.30. The van der Waals surface area contributed by atoms with Gasteiger partial charge in [-0.2, -0.15) is 0 Å². The molecule has 2 aromatic rings. The van der Waals surface area contributed by atoms with Gasteiger partial charge < -0.3 is 14.8 Å². The van der Waals surface area contributed by atoms with E-state index < -0.39 is 30.9 Å². The van der Waals surface area contributed by atoms with Crippen molar-refractivity contribution in [3.05, 3.63) is 52.1 Å². The second-order valence-corrected chi connectivity index (χ2v) is 5.77. The lowest BCUT2D eigenvalue weighted by atomic mass is 9.89. The van der Waals surface area contributed by atoms with E-state index in [1.54, 1.807) is 0 Å². The molecule has 1 heterocycles. The average Bonchev–Trinajstić information content (AvgIpc) is 2.81. The van der Waals surface area contributed by atoms with E-state index in [1.165, 1.54) is 22.9 Å². The zero-order chi connectivity index (χ0) is 16.1. The third-order valence-corrected chi connectivity index (χ3v) is 4.12. The maximum atomic E-state index is 13.7. The number of aromatic nitrogens is 1. The molecular weight excluding hydrogens is 319 g/mol. The van der Waals surface area contributed by atoms with Crippen LogP contribution in [0.5, 0.6) is 0 Å². The number of rotatable bonds is 2. The lowest BCUT2D eigenvalue weighted by Crippen LogP contribution is -2.32. The van der Waals surface area contributed by atoms with E-state index in [4.69, 9.17) is 11.6 Å². The maximum Gasteiger partial charge on any atom is 0.278 e. The molecule has 0 saturated heterocycles. The average molecular weight is 332 g/mol. The van der Waals surface area contributed by atoms with Crippen LogP contribution in [0.1, 0.15) is 29.3 Å². The molecule has 22 heavy (non-hydrogen) atoms. The summed E-state index contributed by atoms with van der Waals surface area (Å²) in [5.74, 6) is -3.81. The van der Waals surface area contributed by atoms with Gasteiger partial charge in [-0.05, 0) is 24.6 Å². The molecule has 0 amide bonds. The summed E-state index contributed by atoms with van der Waals surface area (Å²) in [6, 6.07) is 3.84. The highest BCUT2D eigenvalue weighted by atomic mass is 35.5. The van der Waals surface area contributed by atoms with Gasteiger partial charge in [0.25, 0.3) is 5.92 Å². The first-order valence-electron chi connectivity index (χ1n) is 6.69. The van der Waals surface area contributed by atoms with Crippen molar-refractivity contribution in [3.63, 3.8) is 0 Å². The standard InChI is InChI=1S/C15H13ClF3NO2/c16-9-3-10(17)5-11(4-9)20-6-8(7-21)13-12(20)1-2-15(18,19)14(13)22/h3-6,14,21-22H,1-2,7H2. The van der Waals surface area contributed by atoms with E-state index in [0.717, 1.165) is 6.07 Å². The summed E-state index contributed by atoms with van der Waals surface area (Å²) in [6.07, 6.45) is -1.06. The summed E-state index contributed by atoms with van der Waals surface area (Å²) in [5, 5.41) is 19.4. The van der Waals surface area contributed by atoms with Gasteiger partial charge in [0.05, 0.1) is 6.61 Å². The number of halogens is 4. The monoisotopic (exact) mass is 331 g/mol. The summed E-state index contributed by atoms with van der Waals surface area (Å²) in [4.78, 5) is 0. The zero-order valence-electron chi connectivity index (χ0n) is 11.4. The van der Waals surface area contributed by atoms with Gasteiger partial charge in [0.15, 0.2) is 0 Å². The van der Waals surface area contributed by atoms with Crippen LogP contribution in [-0.4, -0.2) is 20.7 Å². The molecule has 3 nitrogen and oxygen atoms in total. The van der Waals surface area contributed by atoms with Crippen LogP contribution in [0.4, 0.5) is 13.2 Å². The third kappa shape index (κ3) is 2.41. The summed E-state index contributed by atoms with van der Waals surface area (Å²) >= 11 is 5.83. The van der Waals surface area contributed by atoms with Gasteiger partial charge in [0.1, 0.15) is 11.9 Å². The van der Waals surface area contributed by atoms with Crippen LogP contribution in [-0.2, 0) is 13.0 Å². The SMILES string of the molecule is OCc1cn(-c2cc(F)cc(Cl)c2)c2c1C(O)C(F)(F)CC2. The number of fused-ring (bicyclic) bond motifs is 1. The minimum Gasteiger partial charge on any atom is -0.392 e. The summed E-state index contributed by atoms with van der Waals surface area (Å²) in [7, 11) is 0. The van der Waals surface area contributed by atoms with Crippen LogP contribution < -0.4 is 0 Å². The van der Waals surface area contributed by atoms with Gasteiger partial charge >= 0.3 is 0 Å². The van der Waals surface area contributed by atoms with E-state index in [0.29, 0.717) is 11.4 Å². The molecule has 1 aromatic heterocycles. The molecule has 2 N–H and O–H groups in total. The van der Waals surface area contributed by atoms with Gasteiger partial charge in [0, 0.05) is 40.1 Å². The Bertz CT molecular complexity index is 710. The van der Waals surface area contributed by atoms with Crippen molar-refractivity contribution in [1.82, 2.24) is 4.57 Å². The van der Waals surface area contributed by atoms with Crippen LogP contribution in [0.15, 0.2) is 24.4 Å². The van der Waals surface area contributed by atoms with E-state index in [9.17, 15) is 23.4 Å². The normalized spacial score (nSPS) is 20.0. The first-order chi connectivity index (χ1) is 10.3. The molecule has 0 saturated carbocycles. The molecule has 0 spiro atoms. The summed E-state index contributed by atoms with van der Waals surface area (Å²) in [5.41, 5.74) is 1.00. The third-order valence-electron chi connectivity index (χ3n) is 3.90. The Hall–Kier alpha value is -1.50. The van der Waals surface area contributed by atoms with E-state index >= 15 is 0 Å². The predicted octanol–water partition coefficient (Wildman–Crippen LogP) is 3.38. The Kier molecular flexibility index (Phi) is 3.71. The van der Waals surface area contributed by atoms with Crippen molar-refractivity contribution in [1.29, 1.82) is 0 Å². The van der Waals surface area contributed by atoms with E-state index in [1.807, 2.05) is 0 Å². The Morgan fingerprint density at radius 2 is 2.05 bits per heavy atom. The molecule has 3 rings (SSSR count). The van der Waals surface area contributed by atoms with E-state index in [-0.39, 0.29) is 22.6 Å². The number of benzene rings is 1. The van der Waals surface area contributed by atoms with Crippen LogP contribution in [0.3, 0.4) is 0 Å². The molecule has 0 bridgehead atoms. The molecule has 1 aliphatic rings. The fraction of sp³-hybridized carbons (Fsp3) is 0.333. The van der Waals surface area contributed by atoms with Crippen LogP contribution in [0.2, 0.25) is 5.02 Å². The Morgan fingerprint density at radius 1 is 1.32 bits per heavy atom. The molecule has 1 aromatic carbocycles. The highest BCUT2D eigenvalue weighted by molar-refractivity contribution is 6.30. The van der Waals surface area contributed by atoms with Crippen molar-refractivity contribution in [2.24, 2.45) is 0 Å². The van der Waals surface area contributed by atoms with Crippen LogP contribution >= 0.6 is 11.6 Å². The van der Waals surface area contributed by atoms with Gasteiger partial charge in [-0.3, -0.25) is 0 Å². The number of hydrogen-bond donors (Lipinski definition) is 2. The van der Waals surface area contributed by atoms with Gasteiger partial charge in [-0.25, -0.2) is 13.2 Å². The molecule has 1 unspecified atom stereocenters. The van der Waals surface area contributed by atoms with Gasteiger partial charge in [-0.1, -0.05) is 11.6 Å². The molecule has 1 atom stereocenters. The van der Waals surface area contributed by atoms with Crippen molar-refractivity contribution in [2.75, 3.05) is 0 Å². The minimum atomic E-state index is -3.25. The molecule has 0 radical (unpaired) electrons. The van der Waals surface area contributed by atoms with Crippen LogP contribution in [0, 0.1) is 5.82 Å². The second-order valence-electron chi connectivity index (χ2n) is 5.33. The van der Waals surface area contributed by atoms with E-state index in [2.05, 4.69) is 0 Å². The lowest BCUT2D eigenvalue weighted by molar-refractivity contribution is -0.122. The number of nitrogens with zero attached hydrogens (tertiary/aromatic N) is 1. The lowest BCUT2D eigenvalue weighted by Gasteiger charge is -2.29. The highest BCUT2D eigenvalue weighted by Gasteiger charge is 2.46. The number of hydrogen-bond acceptors (Lipinski definition) is 2. The molecule has 7 heteroatoms. The number of alkyl halides is 2. The van der Waals surface area contributed by atoms with Crippen LogP contribution in [0.25, 0.3) is 5.69 Å². The van der Waals surface area contributed by atoms with Crippen molar-refractivity contribution in [2.45, 2.75) is 31.5 Å². The molecule has 0 aliphatic heterocycles. The molecule has 118 valence electrons. The first kappa shape index (κ1) is 15.4. The fourth-order valence-electron chi connectivity index (χ4n) is 2.87. The molecule has 1 aliphatic carbocycles. The first-order valence-corrected chi connectivity index (χ1v) is 7.07. The van der Waals surface area contributed by atoms with Crippen molar-refractivity contribution >= 4 is 11.6 Å². The largest absolute Gasteiger partial charge is 0.392 e. The number of aliphatic hydroxyl groups is 2. The summed E-state index contributed by atoms with van der Waals surface area (Å²) in [6.45, 7) is -0.495. The van der Waals surface area contributed by atoms with Gasteiger partial charge in [0.2, 0.25) is 0 Å². The van der Waals surface area contributed by atoms with Crippen molar-refractivity contribution < 1.29 is 23.4 Å². The smallest absolute Gasteiger partial charge is 0.278 e. The summed E-state index contributed by atoms with van der Waals surface area (Å²) < 4.78 is 42.4. The highest BCUT2D eigenvalue weighted by Crippen LogP contribution is 2.44. The predicted molar refractivity (Wildman–Crippen MR) is 74.9 cm³/mol. The zero-order valence-corrected chi connectivity index (χ0v) is 12.1. The fourth-order valence-corrected chi connectivity index (χ4v) is 3.09. The molecule has 0 fully saturated rings. The quantitative estimate of drug-likeness (QED) is 0.886. The maximum absolute atomic E-state index is 13.7. The Morgan fingerprint density at radius 3 is 2.68 bits per heavy atom. The number of aliphatic hydroxyl groups excluding tert-OH is 2. The topological polar surface area (TPSA) is 45.4 Å². The molecular formula is C15H13ClF3NO2.